The Kier molecular flexibility index (Phi) is 6.64. The quantitative estimate of drug-likeness (QED) is 0.202. The summed E-state index contributed by atoms with van der Waals surface area (Å²) in [5.74, 6) is -0.832. The van der Waals surface area contributed by atoms with Crippen molar-refractivity contribution in [2.75, 3.05) is 13.2 Å². The largest absolute Gasteiger partial charge is 0.507 e. The number of aliphatic hydroxyl groups is 1. The number of nitrogens with zero attached hydrogens (tertiary/aromatic N) is 2. The topological polar surface area (TPSA) is 105 Å². The molecule has 8 nitrogen and oxygen atoms in total. The number of aliphatic hydroxyl groups excluding tert-OH is 1. The molecule has 0 spiro atoms. The van der Waals surface area contributed by atoms with Crippen LogP contribution < -0.4 is 9.47 Å². The lowest BCUT2D eigenvalue weighted by Gasteiger charge is -2.24. The molecule has 3 heterocycles. The van der Waals surface area contributed by atoms with Crippen LogP contribution in [0, 0.1) is 0 Å². The molecule has 1 unspecified atom stereocenters. The van der Waals surface area contributed by atoms with Crippen LogP contribution in [0.2, 0.25) is 0 Å². The van der Waals surface area contributed by atoms with Crippen LogP contribution >= 0.6 is 0 Å². The van der Waals surface area contributed by atoms with Crippen LogP contribution in [0.4, 0.5) is 0 Å². The molecule has 2 aromatic carbocycles. The first-order chi connectivity index (χ1) is 18.0. The van der Waals surface area contributed by atoms with Crippen LogP contribution in [0.15, 0.2) is 78.6 Å². The van der Waals surface area contributed by atoms with Crippen LogP contribution in [0.5, 0.6) is 11.5 Å². The van der Waals surface area contributed by atoms with Crippen molar-refractivity contribution in [2.24, 2.45) is 0 Å². The Balaban J connectivity index is 1.70. The molecule has 1 aliphatic heterocycles. The smallest absolute Gasteiger partial charge is 0.296 e. The van der Waals surface area contributed by atoms with Gasteiger partial charge in [0.15, 0.2) is 0 Å². The minimum Gasteiger partial charge on any atom is -0.507 e. The summed E-state index contributed by atoms with van der Waals surface area (Å²) in [5, 5.41) is 12.4. The number of aromatic nitrogens is 2. The minimum atomic E-state index is -0.834. The van der Waals surface area contributed by atoms with E-state index in [4.69, 9.17) is 9.47 Å². The average molecular weight is 498 g/mol. The standard InChI is InChI=1S/C29H27N3O5/c1-3-36-19-12-13-21(24(15-19)37-4-2)27(33)25-26(22-16-31-23-11-6-5-10-20(22)23)32(29(35)28(25)34)17-18-9-7-8-14-30-18/h5-16,26,31,33H,3-4,17H2,1-2H3/b27-25+. The van der Waals surface area contributed by atoms with Crippen LogP contribution in [0.1, 0.15) is 36.7 Å². The third-order valence-corrected chi connectivity index (χ3v) is 6.33. The zero-order valence-corrected chi connectivity index (χ0v) is 20.6. The maximum Gasteiger partial charge on any atom is 0.296 e. The van der Waals surface area contributed by atoms with Gasteiger partial charge in [0, 0.05) is 34.9 Å². The lowest BCUT2D eigenvalue weighted by molar-refractivity contribution is -0.140. The van der Waals surface area contributed by atoms with E-state index in [1.54, 1.807) is 42.7 Å². The van der Waals surface area contributed by atoms with E-state index < -0.39 is 17.7 Å². The van der Waals surface area contributed by atoms with E-state index in [0.29, 0.717) is 41.5 Å². The maximum atomic E-state index is 13.5. The number of rotatable bonds is 8. The summed E-state index contributed by atoms with van der Waals surface area (Å²) in [7, 11) is 0. The third kappa shape index (κ3) is 4.42. The van der Waals surface area contributed by atoms with Gasteiger partial charge in [0.05, 0.1) is 42.6 Å². The number of carbonyl (C=O) groups is 2. The summed E-state index contributed by atoms with van der Waals surface area (Å²) in [6, 6.07) is 17.2. The van der Waals surface area contributed by atoms with Gasteiger partial charge in [-0.2, -0.15) is 0 Å². The van der Waals surface area contributed by atoms with E-state index in [2.05, 4.69) is 9.97 Å². The molecule has 0 bridgehead atoms. The fraction of sp³-hybridized carbons (Fsp3) is 0.207. The first-order valence-corrected chi connectivity index (χ1v) is 12.2. The van der Waals surface area contributed by atoms with Crippen molar-refractivity contribution < 1.29 is 24.2 Å². The molecule has 5 rings (SSSR count). The van der Waals surface area contributed by atoms with E-state index in [0.717, 1.165) is 10.9 Å². The summed E-state index contributed by atoms with van der Waals surface area (Å²) in [4.78, 5) is 35.9. The van der Waals surface area contributed by atoms with E-state index in [1.807, 2.05) is 44.2 Å². The second-order valence-corrected chi connectivity index (χ2v) is 8.56. The molecular formula is C29H27N3O5. The van der Waals surface area contributed by atoms with Crippen molar-refractivity contribution in [3.05, 3.63) is 95.5 Å². The Labute approximate surface area is 214 Å². The number of Topliss-reactive ketones (excluding diaryl/α,β-unsaturated/α-hetero) is 1. The Morgan fingerprint density at radius 2 is 1.81 bits per heavy atom. The van der Waals surface area contributed by atoms with Crippen LogP contribution in [0.3, 0.4) is 0 Å². The van der Waals surface area contributed by atoms with E-state index in [9.17, 15) is 14.7 Å². The first kappa shape index (κ1) is 24.1. The molecule has 0 aliphatic carbocycles. The number of ether oxygens (including phenoxy) is 2. The fourth-order valence-electron chi connectivity index (χ4n) is 4.73. The Morgan fingerprint density at radius 3 is 2.57 bits per heavy atom. The highest BCUT2D eigenvalue weighted by molar-refractivity contribution is 6.46. The molecule has 1 saturated heterocycles. The van der Waals surface area contributed by atoms with Crippen molar-refractivity contribution in [1.82, 2.24) is 14.9 Å². The molecule has 37 heavy (non-hydrogen) atoms. The van der Waals surface area contributed by atoms with Crippen molar-refractivity contribution in [2.45, 2.75) is 26.4 Å². The molecule has 188 valence electrons. The molecule has 4 aromatic rings. The van der Waals surface area contributed by atoms with Gasteiger partial charge in [0.2, 0.25) is 0 Å². The van der Waals surface area contributed by atoms with Gasteiger partial charge in [-0.1, -0.05) is 24.3 Å². The molecule has 1 aliphatic rings. The Morgan fingerprint density at radius 1 is 1.03 bits per heavy atom. The molecule has 2 aromatic heterocycles. The zero-order valence-electron chi connectivity index (χ0n) is 20.6. The molecule has 2 N–H and O–H groups in total. The van der Waals surface area contributed by atoms with Crippen molar-refractivity contribution >= 4 is 28.4 Å². The van der Waals surface area contributed by atoms with Crippen molar-refractivity contribution in [3.63, 3.8) is 0 Å². The number of aromatic amines is 1. The number of amides is 1. The highest BCUT2D eigenvalue weighted by Crippen LogP contribution is 2.44. The summed E-state index contributed by atoms with van der Waals surface area (Å²) in [5.41, 5.74) is 2.50. The Bertz CT molecular complexity index is 1490. The summed E-state index contributed by atoms with van der Waals surface area (Å²) < 4.78 is 11.4. The number of likely N-dealkylation sites (tertiary alicyclic amines) is 1. The number of ketones is 1. The van der Waals surface area contributed by atoms with E-state index >= 15 is 0 Å². The van der Waals surface area contributed by atoms with Gasteiger partial charge in [-0.15, -0.1) is 0 Å². The fourth-order valence-corrected chi connectivity index (χ4v) is 4.73. The van der Waals surface area contributed by atoms with Crippen molar-refractivity contribution in [3.8, 4) is 11.5 Å². The van der Waals surface area contributed by atoms with E-state index in [1.165, 1.54) is 4.90 Å². The predicted molar refractivity (Wildman–Crippen MR) is 139 cm³/mol. The molecule has 0 saturated carbocycles. The van der Waals surface area contributed by atoms with Crippen molar-refractivity contribution in [1.29, 1.82) is 0 Å². The predicted octanol–water partition coefficient (Wildman–Crippen LogP) is 4.98. The number of hydrogen-bond acceptors (Lipinski definition) is 6. The normalized spacial score (nSPS) is 16.9. The van der Waals surface area contributed by atoms with E-state index in [-0.39, 0.29) is 17.9 Å². The van der Waals surface area contributed by atoms with Gasteiger partial charge >= 0.3 is 0 Å². The molecule has 0 radical (unpaired) electrons. The summed E-state index contributed by atoms with van der Waals surface area (Å²) >= 11 is 0. The Hall–Kier alpha value is -4.59. The number of nitrogens with one attached hydrogen (secondary N) is 1. The molecule has 1 fully saturated rings. The minimum absolute atomic E-state index is 0.00389. The van der Waals surface area contributed by atoms with Gasteiger partial charge in [0.25, 0.3) is 11.7 Å². The second kappa shape index (κ2) is 10.2. The number of para-hydroxylation sites is 1. The van der Waals surface area contributed by atoms with Gasteiger partial charge in [-0.3, -0.25) is 14.6 Å². The first-order valence-electron chi connectivity index (χ1n) is 12.2. The average Bonchev–Trinajstić information content (AvgIpc) is 3.44. The number of benzene rings is 2. The maximum absolute atomic E-state index is 13.5. The lowest BCUT2D eigenvalue weighted by atomic mass is 9.94. The summed E-state index contributed by atoms with van der Waals surface area (Å²) in [6.45, 7) is 4.62. The molecule has 1 atom stereocenters. The second-order valence-electron chi connectivity index (χ2n) is 8.56. The highest BCUT2D eigenvalue weighted by Gasteiger charge is 2.47. The van der Waals surface area contributed by atoms with Gasteiger partial charge < -0.3 is 24.5 Å². The number of H-pyrrole nitrogens is 1. The number of carbonyl (C=O) groups excluding carboxylic acids is 2. The van der Waals surface area contributed by atoms with Crippen LogP contribution in [0.25, 0.3) is 16.7 Å². The number of pyridine rings is 1. The lowest BCUT2D eigenvalue weighted by Crippen LogP contribution is -2.29. The molecule has 8 heteroatoms. The highest BCUT2D eigenvalue weighted by atomic mass is 16.5. The molecule has 1 amide bonds. The SMILES string of the molecule is CCOc1ccc(/C(O)=C2\C(=O)C(=O)N(Cc3ccccn3)C2c2c[nH]c3ccccc23)c(OCC)c1. The molecular weight excluding hydrogens is 470 g/mol. The van der Waals surface area contributed by atoms with Crippen LogP contribution in [-0.4, -0.2) is 44.9 Å². The van der Waals surface area contributed by atoms with Crippen LogP contribution in [-0.2, 0) is 16.1 Å². The van der Waals surface area contributed by atoms with Gasteiger partial charge in [0.1, 0.15) is 17.3 Å². The third-order valence-electron chi connectivity index (χ3n) is 6.33. The van der Waals surface area contributed by atoms with Gasteiger partial charge in [-0.05, 0) is 44.2 Å². The monoisotopic (exact) mass is 497 g/mol. The van der Waals surface area contributed by atoms with Gasteiger partial charge in [-0.25, -0.2) is 0 Å². The zero-order chi connectivity index (χ0) is 25.9. The number of hydrogen-bond donors (Lipinski definition) is 2. The summed E-state index contributed by atoms with van der Waals surface area (Å²) in [6.07, 6.45) is 3.42. The number of fused-ring (bicyclic) bond motifs is 1.